The predicted molar refractivity (Wildman–Crippen MR) is 61.5 cm³/mol. The predicted octanol–water partition coefficient (Wildman–Crippen LogP) is 2.65. The Morgan fingerprint density at radius 3 is 2.88 bits per heavy atom. The third-order valence-corrected chi connectivity index (χ3v) is 2.66. The van der Waals surface area contributed by atoms with E-state index in [0.29, 0.717) is 18.3 Å². The second kappa shape index (κ2) is 6.33. The summed E-state index contributed by atoms with van der Waals surface area (Å²) in [6.07, 6.45) is 4.67. The molecule has 0 aliphatic heterocycles. The van der Waals surface area contributed by atoms with Gasteiger partial charge in [0.2, 0.25) is 0 Å². The van der Waals surface area contributed by atoms with Gasteiger partial charge in [0.1, 0.15) is 11.3 Å². The Morgan fingerprint density at radius 2 is 2.31 bits per heavy atom. The van der Waals surface area contributed by atoms with Crippen LogP contribution in [0.4, 0.5) is 0 Å². The number of hydrogen-bond acceptors (Lipinski definition) is 3. The lowest BCUT2D eigenvalue weighted by atomic mass is 10.1. The molecule has 0 spiro atoms. The standard InChI is InChI=1S/C12H19NO3/c1-3-5-9(4-2)13-8-11-10(12(14)15)6-7-16-11/h6-7,9,13H,3-5,8H2,1-2H3,(H,14,15). The largest absolute Gasteiger partial charge is 0.478 e. The van der Waals surface area contributed by atoms with Gasteiger partial charge in [-0.1, -0.05) is 20.3 Å². The number of rotatable bonds is 7. The van der Waals surface area contributed by atoms with E-state index in [4.69, 9.17) is 9.52 Å². The van der Waals surface area contributed by atoms with E-state index in [1.807, 2.05) is 0 Å². The summed E-state index contributed by atoms with van der Waals surface area (Å²) in [5, 5.41) is 12.2. The maximum absolute atomic E-state index is 10.8. The molecule has 1 aromatic rings. The molecule has 16 heavy (non-hydrogen) atoms. The van der Waals surface area contributed by atoms with Crippen molar-refractivity contribution >= 4 is 5.97 Å². The van der Waals surface area contributed by atoms with Crippen LogP contribution in [0.1, 0.15) is 49.2 Å². The molecule has 0 bridgehead atoms. The summed E-state index contributed by atoms with van der Waals surface area (Å²) in [5.74, 6) is -0.434. The van der Waals surface area contributed by atoms with Crippen molar-refractivity contribution in [3.63, 3.8) is 0 Å². The van der Waals surface area contributed by atoms with Crippen molar-refractivity contribution in [2.24, 2.45) is 0 Å². The zero-order valence-electron chi connectivity index (χ0n) is 9.82. The van der Waals surface area contributed by atoms with Gasteiger partial charge in [-0.05, 0) is 18.9 Å². The molecule has 1 aromatic heterocycles. The van der Waals surface area contributed by atoms with Crippen LogP contribution in [0.5, 0.6) is 0 Å². The van der Waals surface area contributed by atoms with E-state index in [0.717, 1.165) is 19.3 Å². The summed E-state index contributed by atoms with van der Waals surface area (Å²) in [6.45, 7) is 4.74. The number of nitrogens with one attached hydrogen (secondary N) is 1. The molecular weight excluding hydrogens is 206 g/mol. The minimum atomic E-state index is -0.936. The minimum Gasteiger partial charge on any atom is -0.478 e. The zero-order chi connectivity index (χ0) is 12.0. The van der Waals surface area contributed by atoms with Gasteiger partial charge in [0.25, 0.3) is 0 Å². The fourth-order valence-electron chi connectivity index (χ4n) is 1.70. The van der Waals surface area contributed by atoms with E-state index < -0.39 is 5.97 Å². The highest BCUT2D eigenvalue weighted by molar-refractivity contribution is 5.88. The van der Waals surface area contributed by atoms with Crippen molar-refractivity contribution in [3.05, 3.63) is 23.7 Å². The quantitative estimate of drug-likeness (QED) is 0.748. The Labute approximate surface area is 95.7 Å². The minimum absolute atomic E-state index is 0.249. The first-order chi connectivity index (χ1) is 7.69. The van der Waals surface area contributed by atoms with Crippen LogP contribution in [0.3, 0.4) is 0 Å². The van der Waals surface area contributed by atoms with Crippen molar-refractivity contribution in [3.8, 4) is 0 Å². The smallest absolute Gasteiger partial charge is 0.339 e. The van der Waals surface area contributed by atoms with Crippen molar-refractivity contribution in [2.75, 3.05) is 0 Å². The second-order valence-corrected chi connectivity index (χ2v) is 3.84. The maximum atomic E-state index is 10.8. The Kier molecular flexibility index (Phi) is 5.05. The summed E-state index contributed by atoms with van der Waals surface area (Å²) in [6, 6.07) is 1.91. The molecule has 0 aromatic carbocycles. The zero-order valence-corrected chi connectivity index (χ0v) is 9.82. The van der Waals surface area contributed by atoms with Crippen LogP contribution in [0.25, 0.3) is 0 Å². The lowest BCUT2D eigenvalue weighted by Gasteiger charge is -2.15. The van der Waals surface area contributed by atoms with Crippen molar-refractivity contribution in [2.45, 2.75) is 45.7 Å². The van der Waals surface area contributed by atoms with Crippen LogP contribution in [0.15, 0.2) is 16.7 Å². The summed E-state index contributed by atoms with van der Waals surface area (Å²) >= 11 is 0. The van der Waals surface area contributed by atoms with Crippen LogP contribution in [0, 0.1) is 0 Å². The highest BCUT2D eigenvalue weighted by Gasteiger charge is 2.14. The van der Waals surface area contributed by atoms with E-state index in [1.165, 1.54) is 12.3 Å². The van der Waals surface area contributed by atoms with Gasteiger partial charge in [-0.2, -0.15) is 0 Å². The number of carboxylic acid groups (broad SMARTS) is 1. The second-order valence-electron chi connectivity index (χ2n) is 3.84. The monoisotopic (exact) mass is 225 g/mol. The molecule has 1 atom stereocenters. The first kappa shape index (κ1) is 12.8. The van der Waals surface area contributed by atoms with Gasteiger partial charge in [-0.15, -0.1) is 0 Å². The molecule has 0 radical (unpaired) electrons. The summed E-state index contributed by atoms with van der Waals surface area (Å²) < 4.78 is 5.16. The van der Waals surface area contributed by atoms with Crippen LogP contribution in [-0.4, -0.2) is 17.1 Å². The van der Waals surface area contributed by atoms with Gasteiger partial charge in [0, 0.05) is 6.04 Å². The molecule has 0 amide bonds. The van der Waals surface area contributed by atoms with Crippen molar-refractivity contribution in [1.82, 2.24) is 5.32 Å². The summed E-state index contributed by atoms with van der Waals surface area (Å²) in [7, 11) is 0. The highest BCUT2D eigenvalue weighted by atomic mass is 16.4. The fourth-order valence-corrected chi connectivity index (χ4v) is 1.70. The molecule has 0 aliphatic rings. The molecular formula is C12H19NO3. The fraction of sp³-hybridized carbons (Fsp3) is 0.583. The molecule has 0 saturated heterocycles. The van der Waals surface area contributed by atoms with E-state index in [-0.39, 0.29) is 5.56 Å². The van der Waals surface area contributed by atoms with Crippen LogP contribution >= 0.6 is 0 Å². The number of furan rings is 1. The normalized spacial score (nSPS) is 12.6. The first-order valence-corrected chi connectivity index (χ1v) is 5.72. The molecule has 1 unspecified atom stereocenters. The van der Waals surface area contributed by atoms with Crippen LogP contribution < -0.4 is 5.32 Å². The number of carboxylic acids is 1. The Hall–Kier alpha value is -1.29. The first-order valence-electron chi connectivity index (χ1n) is 5.72. The average Bonchev–Trinajstić information content (AvgIpc) is 2.72. The van der Waals surface area contributed by atoms with Gasteiger partial charge in [-0.25, -0.2) is 4.79 Å². The highest BCUT2D eigenvalue weighted by Crippen LogP contribution is 2.11. The van der Waals surface area contributed by atoms with E-state index >= 15 is 0 Å². The van der Waals surface area contributed by atoms with Gasteiger partial charge >= 0.3 is 5.97 Å². The van der Waals surface area contributed by atoms with E-state index in [9.17, 15) is 4.79 Å². The number of aromatic carboxylic acids is 1. The van der Waals surface area contributed by atoms with Gasteiger partial charge in [0.15, 0.2) is 0 Å². The molecule has 1 rings (SSSR count). The van der Waals surface area contributed by atoms with Gasteiger partial charge in [-0.3, -0.25) is 0 Å². The molecule has 2 N–H and O–H groups in total. The molecule has 0 aliphatic carbocycles. The molecule has 0 saturated carbocycles. The average molecular weight is 225 g/mol. The third-order valence-electron chi connectivity index (χ3n) is 2.66. The topological polar surface area (TPSA) is 62.5 Å². The maximum Gasteiger partial charge on any atom is 0.339 e. The van der Waals surface area contributed by atoms with Crippen LogP contribution in [0.2, 0.25) is 0 Å². The summed E-state index contributed by atoms with van der Waals surface area (Å²) in [5.41, 5.74) is 0.249. The molecule has 4 heteroatoms. The number of hydrogen-bond donors (Lipinski definition) is 2. The van der Waals surface area contributed by atoms with E-state index in [2.05, 4.69) is 19.2 Å². The summed E-state index contributed by atoms with van der Waals surface area (Å²) in [4.78, 5) is 10.8. The van der Waals surface area contributed by atoms with E-state index in [1.54, 1.807) is 0 Å². The molecule has 1 heterocycles. The lowest BCUT2D eigenvalue weighted by molar-refractivity contribution is 0.0694. The molecule has 90 valence electrons. The Bertz CT molecular complexity index is 333. The van der Waals surface area contributed by atoms with Gasteiger partial charge in [0.05, 0.1) is 12.8 Å². The Balaban J connectivity index is 2.53. The van der Waals surface area contributed by atoms with Crippen molar-refractivity contribution < 1.29 is 14.3 Å². The van der Waals surface area contributed by atoms with Gasteiger partial charge < -0.3 is 14.8 Å². The molecule has 0 fully saturated rings. The third kappa shape index (κ3) is 3.38. The number of carbonyl (C=O) groups is 1. The SMILES string of the molecule is CCCC(CC)NCc1occc1C(=O)O. The van der Waals surface area contributed by atoms with Crippen molar-refractivity contribution in [1.29, 1.82) is 0 Å². The Morgan fingerprint density at radius 1 is 1.56 bits per heavy atom. The lowest BCUT2D eigenvalue weighted by Crippen LogP contribution is -2.28. The van der Waals surface area contributed by atoms with Crippen LogP contribution in [-0.2, 0) is 6.54 Å². The molecule has 4 nitrogen and oxygen atoms in total.